The van der Waals surface area contributed by atoms with Crippen LogP contribution in [0.3, 0.4) is 0 Å². The highest BCUT2D eigenvalue weighted by molar-refractivity contribution is 5.96. The van der Waals surface area contributed by atoms with Crippen LogP contribution in [0.5, 0.6) is 5.75 Å². The molecule has 5 heteroatoms. The van der Waals surface area contributed by atoms with Gasteiger partial charge in [-0.15, -0.1) is 0 Å². The minimum atomic E-state index is -0.821. The van der Waals surface area contributed by atoms with E-state index in [1.165, 1.54) is 0 Å². The number of ether oxygens (including phenoxy) is 1. The number of ketones is 1. The molecule has 0 fully saturated rings. The van der Waals surface area contributed by atoms with E-state index in [0.29, 0.717) is 23.6 Å². The molecule has 1 aliphatic rings. The van der Waals surface area contributed by atoms with Crippen molar-refractivity contribution in [1.82, 2.24) is 5.32 Å². The Balaban J connectivity index is 1.48. The molecule has 4 rings (SSSR count). The van der Waals surface area contributed by atoms with Gasteiger partial charge in [0.1, 0.15) is 17.1 Å². The fourth-order valence-corrected chi connectivity index (χ4v) is 3.07. The first-order valence-corrected chi connectivity index (χ1v) is 8.53. The molecule has 1 amide bonds. The monoisotopic (exact) mass is 349 g/mol. The summed E-state index contributed by atoms with van der Waals surface area (Å²) in [6.45, 7) is 3.81. The molecule has 26 heavy (non-hydrogen) atoms. The van der Waals surface area contributed by atoms with Crippen LogP contribution in [0.4, 0.5) is 0 Å². The Kier molecular flexibility index (Phi) is 3.80. The van der Waals surface area contributed by atoms with Gasteiger partial charge in [-0.1, -0.05) is 18.2 Å². The third-order valence-corrected chi connectivity index (χ3v) is 4.61. The van der Waals surface area contributed by atoms with E-state index >= 15 is 0 Å². The second-order valence-corrected chi connectivity index (χ2v) is 6.97. The molecule has 1 N–H and O–H groups in total. The number of nitrogens with one attached hydrogen (secondary N) is 1. The quantitative estimate of drug-likeness (QED) is 0.784. The van der Waals surface area contributed by atoms with Gasteiger partial charge in [-0.05, 0) is 44.2 Å². The van der Waals surface area contributed by atoms with Gasteiger partial charge in [-0.3, -0.25) is 9.59 Å². The highest BCUT2D eigenvalue weighted by atomic mass is 16.5. The van der Waals surface area contributed by atoms with Crippen molar-refractivity contribution in [2.75, 3.05) is 0 Å². The lowest BCUT2D eigenvalue weighted by Gasteiger charge is -2.31. The van der Waals surface area contributed by atoms with Gasteiger partial charge in [0.2, 0.25) is 0 Å². The van der Waals surface area contributed by atoms with Crippen molar-refractivity contribution >= 4 is 22.7 Å². The summed E-state index contributed by atoms with van der Waals surface area (Å²) in [5.41, 5.74) is 1.21. The number of carbonyl (C=O) groups excluding carboxylic acids is 2. The zero-order valence-electron chi connectivity index (χ0n) is 14.7. The zero-order chi connectivity index (χ0) is 18.3. The Morgan fingerprint density at radius 2 is 1.96 bits per heavy atom. The van der Waals surface area contributed by atoms with E-state index in [4.69, 9.17) is 9.15 Å². The van der Waals surface area contributed by atoms with Gasteiger partial charge in [0.15, 0.2) is 11.4 Å². The molecule has 0 aliphatic carbocycles. The number of hydrogen-bond acceptors (Lipinski definition) is 4. The number of carbonyl (C=O) groups is 2. The molecule has 5 nitrogen and oxygen atoms in total. The van der Waals surface area contributed by atoms with Crippen LogP contribution in [0.15, 0.2) is 52.9 Å². The topological polar surface area (TPSA) is 68.5 Å². The van der Waals surface area contributed by atoms with Crippen LogP contribution >= 0.6 is 0 Å². The van der Waals surface area contributed by atoms with Gasteiger partial charge in [0.25, 0.3) is 5.91 Å². The molecule has 0 saturated heterocycles. The minimum Gasteiger partial charge on any atom is -0.480 e. The molecule has 132 valence electrons. The second kappa shape index (κ2) is 6.02. The Bertz CT molecular complexity index is 983. The van der Waals surface area contributed by atoms with Crippen molar-refractivity contribution in [1.29, 1.82) is 0 Å². The highest BCUT2D eigenvalue weighted by Gasteiger charge is 2.35. The predicted octanol–water partition coefficient (Wildman–Crippen LogP) is 3.65. The molecule has 0 atom stereocenters. The van der Waals surface area contributed by atoms with Crippen molar-refractivity contribution in [3.8, 4) is 5.75 Å². The van der Waals surface area contributed by atoms with Gasteiger partial charge in [0, 0.05) is 22.9 Å². The maximum atomic E-state index is 12.4. The maximum Gasteiger partial charge on any atom is 0.251 e. The molecule has 0 unspecified atom stereocenters. The Hall–Kier alpha value is -3.08. The van der Waals surface area contributed by atoms with Gasteiger partial charge >= 0.3 is 0 Å². The number of fused-ring (bicyclic) bond motifs is 2. The van der Waals surface area contributed by atoms with Crippen molar-refractivity contribution in [2.24, 2.45) is 0 Å². The van der Waals surface area contributed by atoms with E-state index in [0.717, 1.165) is 16.5 Å². The van der Waals surface area contributed by atoms with Crippen molar-refractivity contribution in [3.05, 3.63) is 65.4 Å². The Morgan fingerprint density at radius 1 is 1.15 bits per heavy atom. The molecule has 0 saturated carbocycles. The van der Waals surface area contributed by atoms with E-state index in [9.17, 15) is 9.59 Å². The summed E-state index contributed by atoms with van der Waals surface area (Å²) in [5, 5.41) is 3.86. The van der Waals surface area contributed by atoms with E-state index < -0.39 is 5.60 Å². The molecule has 1 aromatic heterocycles. The predicted molar refractivity (Wildman–Crippen MR) is 97.2 cm³/mol. The van der Waals surface area contributed by atoms with Crippen molar-refractivity contribution < 1.29 is 18.7 Å². The van der Waals surface area contributed by atoms with E-state index in [-0.39, 0.29) is 18.1 Å². The summed E-state index contributed by atoms with van der Waals surface area (Å²) in [4.78, 5) is 24.6. The highest BCUT2D eigenvalue weighted by Crippen LogP contribution is 2.31. The van der Waals surface area contributed by atoms with Crippen LogP contribution < -0.4 is 10.1 Å². The first-order chi connectivity index (χ1) is 12.4. The van der Waals surface area contributed by atoms with Crippen LogP contribution in [0.1, 0.15) is 35.5 Å². The normalized spacial score (nSPS) is 15.4. The largest absolute Gasteiger partial charge is 0.480 e. The Labute approximate surface area is 150 Å². The fraction of sp³-hybridized carbons (Fsp3) is 0.238. The first kappa shape index (κ1) is 16.4. The zero-order valence-corrected chi connectivity index (χ0v) is 14.7. The number of para-hydroxylation sites is 1. The number of rotatable bonds is 3. The van der Waals surface area contributed by atoms with Gasteiger partial charge in [-0.25, -0.2) is 0 Å². The smallest absolute Gasteiger partial charge is 0.251 e. The summed E-state index contributed by atoms with van der Waals surface area (Å²) in [6.07, 6.45) is 0.271. The molecule has 2 aromatic carbocycles. The number of amides is 1. The van der Waals surface area contributed by atoms with Crippen LogP contribution in [-0.2, 0) is 17.8 Å². The molecule has 3 aromatic rings. The lowest BCUT2D eigenvalue weighted by molar-refractivity contribution is -0.132. The van der Waals surface area contributed by atoms with E-state index in [2.05, 4.69) is 5.32 Å². The average Bonchev–Trinajstić information content (AvgIpc) is 3.03. The SMILES string of the molecule is CC1(C)Oc2ccc(C(=O)NCc3cc4ccccc4o3)cc2CC1=O. The number of hydrogen-bond donors (Lipinski definition) is 1. The van der Waals surface area contributed by atoms with Crippen LogP contribution in [-0.4, -0.2) is 17.3 Å². The van der Waals surface area contributed by atoms with E-state index in [1.807, 2.05) is 30.3 Å². The van der Waals surface area contributed by atoms with Gasteiger partial charge < -0.3 is 14.5 Å². The summed E-state index contributed by atoms with van der Waals surface area (Å²) < 4.78 is 11.4. The summed E-state index contributed by atoms with van der Waals surface area (Å²) >= 11 is 0. The maximum absolute atomic E-state index is 12.4. The number of benzene rings is 2. The molecule has 1 aliphatic heterocycles. The summed E-state index contributed by atoms with van der Waals surface area (Å²) in [7, 11) is 0. The fourth-order valence-electron chi connectivity index (χ4n) is 3.07. The second-order valence-electron chi connectivity index (χ2n) is 6.97. The summed E-state index contributed by atoms with van der Waals surface area (Å²) in [5.74, 6) is 1.14. The van der Waals surface area contributed by atoms with Crippen LogP contribution in [0.25, 0.3) is 11.0 Å². The number of Topliss-reactive ketones (excluding diaryl/α,β-unsaturated/α-hetero) is 1. The molecule has 0 bridgehead atoms. The van der Waals surface area contributed by atoms with Crippen molar-refractivity contribution in [3.63, 3.8) is 0 Å². The first-order valence-electron chi connectivity index (χ1n) is 8.53. The minimum absolute atomic E-state index is 0.00448. The van der Waals surface area contributed by atoms with Crippen molar-refractivity contribution in [2.45, 2.75) is 32.4 Å². The third kappa shape index (κ3) is 2.96. The average molecular weight is 349 g/mol. The lowest BCUT2D eigenvalue weighted by atomic mass is 9.92. The molecule has 0 radical (unpaired) electrons. The van der Waals surface area contributed by atoms with Gasteiger partial charge in [-0.2, -0.15) is 0 Å². The van der Waals surface area contributed by atoms with Crippen LogP contribution in [0.2, 0.25) is 0 Å². The Morgan fingerprint density at radius 3 is 2.77 bits per heavy atom. The number of furan rings is 1. The molecular weight excluding hydrogens is 330 g/mol. The molecule has 2 heterocycles. The van der Waals surface area contributed by atoms with Gasteiger partial charge in [0.05, 0.1) is 6.54 Å². The third-order valence-electron chi connectivity index (χ3n) is 4.61. The lowest BCUT2D eigenvalue weighted by Crippen LogP contribution is -2.42. The summed E-state index contributed by atoms with van der Waals surface area (Å²) in [6, 6.07) is 14.8. The standard InChI is InChI=1S/C21H19NO4/c1-21(2)19(23)11-15-9-14(7-8-18(15)26-21)20(24)22-12-16-10-13-5-3-4-6-17(13)25-16/h3-10H,11-12H2,1-2H3,(H,22,24). The van der Waals surface area contributed by atoms with E-state index in [1.54, 1.807) is 32.0 Å². The molecule has 0 spiro atoms. The molecular formula is C21H19NO4. The van der Waals surface area contributed by atoms with Crippen LogP contribution in [0, 0.1) is 0 Å².